The summed E-state index contributed by atoms with van der Waals surface area (Å²) in [5.74, 6) is -3.01. The average molecular weight is 411 g/mol. The Bertz CT molecular complexity index is 1040. The standard InChI is InChI=1S/C23H19F2NO4/c1-15(29-19-10-11-20(24)21(25)13-19)23(28)30-18-9-5-8-17(12-18)22(27)26-14-16-6-3-2-4-7-16/h2-13,15H,14H2,1H3,(H,26,27). The third-order valence-electron chi connectivity index (χ3n) is 4.15. The van der Waals surface area contributed by atoms with Crippen LogP contribution in [0.1, 0.15) is 22.8 Å². The van der Waals surface area contributed by atoms with Crippen LogP contribution in [0.2, 0.25) is 0 Å². The van der Waals surface area contributed by atoms with Gasteiger partial charge in [0.1, 0.15) is 11.5 Å². The van der Waals surface area contributed by atoms with Crippen molar-refractivity contribution >= 4 is 11.9 Å². The van der Waals surface area contributed by atoms with Crippen molar-refractivity contribution < 1.29 is 27.8 Å². The Balaban J connectivity index is 1.58. The summed E-state index contributed by atoms with van der Waals surface area (Å²) in [7, 11) is 0. The van der Waals surface area contributed by atoms with Gasteiger partial charge in [0, 0.05) is 18.2 Å². The minimum atomic E-state index is -1.08. The Morgan fingerprint density at radius 2 is 1.67 bits per heavy atom. The van der Waals surface area contributed by atoms with E-state index in [9.17, 15) is 18.4 Å². The molecular formula is C23H19F2NO4. The maximum absolute atomic E-state index is 13.3. The van der Waals surface area contributed by atoms with Crippen LogP contribution in [0.5, 0.6) is 11.5 Å². The lowest BCUT2D eigenvalue weighted by Crippen LogP contribution is -2.28. The maximum Gasteiger partial charge on any atom is 0.352 e. The maximum atomic E-state index is 13.3. The van der Waals surface area contributed by atoms with Crippen LogP contribution in [0.25, 0.3) is 0 Å². The number of nitrogens with one attached hydrogen (secondary N) is 1. The molecule has 3 aromatic rings. The van der Waals surface area contributed by atoms with Crippen LogP contribution in [0, 0.1) is 11.6 Å². The minimum absolute atomic E-state index is 0.00705. The molecule has 0 saturated carbocycles. The quantitative estimate of drug-likeness (QED) is 0.466. The second kappa shape index (κ2) is 9.65. The second-order valence-corrected chi connectivity index (χ2v) is 6.45. The van der Waals surface area contributed by atoms with Crippen molar-refractivity contribution in [2.24, 2.45) is 0 Å². The van der Waals surface area contributed by atoms with Crippen molar-refractivity contribution in [3.8, 4) is 11.5 Å². The van der Waals surface area contributed by atoms with Gasteiger partial charge in [0.2, 0.25) is 0 Å². The van der Waals surface area contributed by atoms with Gasteiger partial charge in [0.15, 0.2) is 17.7 Å². The third kappa shape index (κ3) is 5.64. The van der Waals surface area contributed by atoms with Crippen molar-refractivity contribution in [3.63, 3.8) is 0 Å². The molecule has 0 spiro atoms. The normalized spacial score (nSPS) is 11.4. The number of esters is 1. The van der Waals surface area contributed by atoms with E-state index >= 15 is 0 Å². The van der Waals surface area contributed by atoms with E-state index in [1.165, 1.54) is 25.1 Å². The summed E-state index contributed by atoms with van der Waals surface area (Å²) in [5.41, 5.74) is 1.28. The number of ether oxygens (including phenoxy) is 2. The number of benzene rings is 3. The number of carbonyl (C=O) groups excluding carboxylic acids is 2. The molecule has 0 aliphatic carbocycles. The molecule has 0 heterocycles. The number of carbonyl (C=O) groups is 2. The summed E-state index contributed by atoms with van der Waals surface area (Å²) in [6.45, 7) is 1.78. The van der Waals surface area contributed by atoms with Crippen LogP contribution in [0.15, 0.2) is 72.8 Å². The van der Waals surface area contributed by atoms with E-state index in [2.05, 4.69) is 5.32 Å². The predicted octanol–water partition coefficient (Wildman–Crippen LogP) is 4.27. The van der Waals surface area contributed by atoms with Crippen LogP contribution in [-0.2, 0) is 11.3 Å². The molecule has 0 aliphatic rings. The topological polar surface area (TPSA) is 64.6 Å². The fourth-order valence-electron chi connectivity index (χ4n) is 2.58. The van der Waals surface area contributed by atoms with Crippen LogP contribution >= 0.6 is 0 Å². The molecule has 154 valence electrons. The van der Waals surface area contributed by atoms with Crippen molar-refractivity contribution in [1.29, 1.82) is 0 Å². The van der Waals surface area contributed by atoms with Gasteiger partial charge in [-0.05, 0) is 42.8 Å². The molecule has 0 aromatic heterocycles. The first-order valence-corrected chi connectivity index (χ1v) is 9.18. The van der Waals surface area contributed by atoms with Gasteiger partial charge in [-0.15, -0.1) is 0 Å². The lowest BCUT2D eigenvalue weighted by atomic mass is 10.2. The highest BCUT2D eigenvalue weighted by Crippen LogP contribution is 2.19. The summed E-state index contributed by atoms with van der Waals surface area (Å²) < 4.78 is 36.8. The SMILES string of the molecule is CC(Oc1ccc(F)c(F)c1)C(=O)Oc1cccc(C(=O)NCc2ccccc2)c1. The van der Waals surface area contributed by atoms with E-state index in [1.807, 2.05) is 30.3 Å². The van der Waals surface area contributed by atoms with Gasteiger partial charge in [-0.1, -0.05) is 36.4 Å². The highest BCUT2D eigenvalue weighted by molar-refractivity contribution is 5.94. The Labute approximate surface area is 172 Å². The summed E-state index contributed by atoms with van der Waals surface area (Å²) >= 11 is 0. The number of halogens is 2. The number of hydrogen-bond donors (Lipinski definition) is 1. The Hall–Kier alpha value is -3.74. The molecule has 0 saturated heterocycles. The molecule has 1 N–H and O–H groups in total. The molecule has 5 nitrogen and oxygen atoms in total. The van der Waals surface area contributed by atoms with E-state index in [4.69, 9.17) is 9.47 Å². The molecule has 0 bridgehead atoms. The lowest BCUT2D eigenvalue weighted by molar-refractivity contribution is -0.141. The van der Waals surface area contributed by atoms with Gasteiger partial charge in [-0.2, -0.15) is 0 Å². The molecule has 1 amide bonds. The fourth-order valence-corrected chi connectivity index (χ4v) is 2.58. The monoisotopic (exact) mass is 411 g/mol. The van der Waals surface area contributed by atoms with Gasteiger partial charge in [-0.25, -0.2) is 13.6 Å². The van der Waals surface area contributed by atoms with Gasteiger partial charge in [0.05, 0.1) is 0 Å². The Morgan fingerprint density at radius 3 is 2.40 bits per heavy atom. The van der Waals surface area contributed by atoms with Crippen molar-refractivity contribution in [1.82, 2.24) is 5.32 Å². The molecule has 3 rings (SSSR count). The van der Waals surface area contributed by atoms with Crippen LogP contribution < -0.4 is 14.8 Å². The molecule has 3 aromatic carbocycles. The largest absolute Gasteiger partial charge is 0.479 e. The number of rotatable bonds is 7. The highest BCUT2D eigenvalue weighted by atomic mass is 19.2. The first-order chi connectivity index (χ1) is 14.4. The van der Waals surface area contributed by atoms with E-state index in [1.54, 1.807) is 12.1 Å². The highest BCUT2D eigenvalue weighted by Gasteiger charge is 2.19. The molecule has 7 heteroatoms. The molecule has 1 atom stereocenters. The van der Waals surface area contributed by atoms with Gasteiger partial charge >= 0.3 is 5.97 Å². The van der Waals surface area contributed by atoms with Crippen LogP contribution in [0.3, 0.4) is 0 Å². The van der Waals surface area contributed by atoms with Gasteiger partial charge in [-0.3, -0.25) is 4.79 Å². The van der Waals surface area contributed by atoms with Gasteiger partial charge in [0.25, 0.3) is 5.91 Å². The zero-order chi connectivity index (χ0) is 21.5. The first kappa shape index (κ1) is 21.0. The van der Waals surface area contributed by atoms with Gasteiger partial charge < -0.3 is 14.8 Å². The first-order valence-electron chi connectivity index (χ1n) is 9.18. The lowest BCUT2D eigenvalue weighted by Gasteiger charge is -2.14. The summed E-state index contributed by atoms with van der Waals surface area (Å²) in [6.07, 6.45) is -1.08. The molecule has 0 aliphatic heterocycles. The Morgan fingerprint density at radius 1 is 0.900 bits per heavy atom. The predicted molar refractivity (Wildman–Crippen MR) is 106 cm³/mol. The molecule has 0 fully saturated rings. The smallest absolute Gasteiger partial charge is 0.352 e. The van der Waals surface area contributed by atoms with Crippen molar-refractivity contribution in [3.05, 3.63) is 95.6 Å². The third-order valence-corrected chi connectivity index (χ3v) is 4.15. The molecule has 30 heavy (non-hydrogen) atoms. The number of amides is 1. The van der Waals surface area contributed by atoms with Crippen molar-refractivity contribution in [2.45, 2.75) is 19.6 Å². The van der Waals surface area contributed by atoms with Crippen LogP contribution in [-0.4, -0.2) is 18.0 Å². The van der Waals surface area contributed by atoms with Crippen molar-refractivity contribution in [2.75, 3.05) is 0 Å². The average Bonchev–Trinajstić information content (AvgIpc) is 2.75. The summed E-state index contributed by atoms with van der Waals surface area (Å²) in [6, 6.07) is 18.5. The van der Waals surface area contributed by atoms with E-state index < -0.39 is 23.7 Å². The zero-order valence-corrected chi connectivity index (χ0v) is 16.1. The molecule has 0 radical (unpaired) electrons. The Kier molecular flexibility index (Phi) is 6.75. The second-order valence-electron chi connectivity index (χ2n) is 6.45. The fraction of sp³-hybridized carbons (Fsp3) is 0.130. The van der Waals surface area contributed by atoms with E-state index in [-0.39, 0.29) is 17.4 Å². The number of hydrogen-bond acceptors (Lipinski definition) is 4. The summed E-state index contributed by atoms with van der Waals surface area (Å²) in [5, 5.41) is 2.79. The molecule has 1 unspecified atom stereocenters. The van der Waals surface area contributed by atoms with Crippen LogP contribution in [0.4, 0.5) is 8.78 Å². The van der Waals surface area contributed by atoms with E-state index in [0.717, 1.165) is 17.7 Å². The van der Waals surface area contributed by atoms with E-state index in [0.29, 0.717) is 12.1 Å². The molecular weight excluding hydrogens is 392 g/mol. The minimum Gasteiger partial charge on any atom is -0.479 e. The zero-order valence-electron chi connectivity index (χ0n) is 16.1. The summed E-state index contributed by atoms with van der Waals surface area (Å²) in [4.78, 5) is 24.6.